The van der Waals surface area contributed by atoms with Gasteiger partial charge in [0.2, 0.25) is 5.91 Å². The van der Waals surface area contributed by atoms with E-state index in [1.54, 1.807) is 0 Å². The van der Waals surface area contributed by atoms with Crippen molar-refractivity contribution in [2.75, 3.05) is 18.5 Å². The highest BCUT2D eigenvalue weighted by Gasteiger charge is 2.39. The lowest BCUT2D eigenvalue weighted by Gasteiger charge is -2.27. The van der Waals surface area contributed by atoms with E-state index in [4.69, 9.17) is 27.9 Å². The molecule has 3 heterocycles. The molecule has 1 amide bonds. The Morgan fingerprint density at radius 2 is 2.00 bits per heavy atom. The highest BCUT2D eigenvalue weighted by atomic mass is 35.5. The summed E-state index contributed by atoms with van der Waals surface area (Å²) < 4.78 is 32.2. The molecular formula is C19H21Cl2N3O5S2. The zero-order valence-corrected chi connectivity index (χ0v) is 19.6. The van der Waals surface area contributed by atoms with Crippen molar-refractivity contribution >= 4 is 55.4 Å². The van der Waals surface area contributed by atoms with Crippen molar-refractivity contribution in [3.63, 3.8) is 0 Å². The number of amides is 1. The van der Waals surface area contributed by atoms with Crippen LogP contribution in [0.3, 0.4) is 0 Å². The number of ether oxygens (including phenoxy) is 1. The van der Waals surface area contributed by atoms with Crippen LogP contribution in [0.15, 0.2) is 28.2 Å². The third-order valence-corrected chi connectivity index (χ3v) is 9.25. The maximum absolute atomic E-state index is 13.1. The second kappa shape index (κ2) is 9.19. The van der Waals surface area contributed by atoms with Crippen molar-refractivity contribution in [1.29, 1.82) is 0 Å². The fourth-order valence-electron chi connectivity index (χ4n) is 3.67. The van der Waals surface area contributed by atoms with Crippen LogP contribution >= 0.6 is 34.5 Å². The lowest BCUT2D eigenvalue weighted by molar-refractivity contribution is -0.120. The van der Waals surface area contributed by atoms with Gasteiger partial charge in [0.05, 0.1) is 21.4 Å². The Morgan fingerprint density at radius 1 is 1.29 bits per heavy atom. The van der Waals surface area contributed by atoms with Crippen LogP contribution in [-0.4, -0.2) is 42.3 Å². The number of hydrogen-bond donors (Lipinski definition) is 1. The Kier molecular flexibility index (Phi) is 6.73. The Morgan fingerprint density at radius 3 is 2.61 bits per heavy atom. The Labute approximate surface area is 193 Å². The highest BCUT2D eigenvalue weighted by Crippen LogP contribution is 2.36. The van der Waals surface area contributed by atoms with Crippen molar-refractivity contribution in [1.82, 2.24) is 9.55 Å². The third-order valence-electron chi connectivity index (χ3n) is 5.51. The van der Waals surface area contributed by atoms with Gasteiger partial charge in [0.25, 0.3) is 5.56 Å². The normalized spacial score (nSPS) is 18.6. The molecule has 0 radical (unpaired) electrons. The van der Waals surface area contributed by atoms with Gasteiger partial charge in [-0.2, -0.15) is 0 Å². The number of hydrogen-bond acceptors (Lipinski definition) is 7. The van der Waals surface area contributed by atoms with Crippen molar-refractivity contribution in [2.24, 2.45) is 5.92 Å². The molecule has 2 aliphatic rings. The molecule has 1 saturated carbocycles. The van der Waals surface area contributed by atoms with Gasteiger partial charge in [-0.15, -0.1) is 0 Å². The second-order valence-electron chi connectivity index (χ2n) is 7.74. The number of carbonyl (C=O) groups excluding carboxylic acids is 1. The van der Waals surface area contributed by atoms with E-state index in [1.807, 2.05) is 0 Å². The van der Waals surface area contributed by atoms with Crippen molar-refractivity contribution < 1.29 is 17.9 Å². The standard InChI is InChI=1S/C19H21Cl2N3O5S2/c20-13-10-24(17(25)8-15(13)31(27,28)12-1-2-12)14(7-11-3-5-29-6-4-11)18(26)23-19-22-9-16(21)30-19/h8-12,14H,1-7H2,(H,22,23,26). The number of rotatable bonds is 7. The van der Waals surface area contributed by atoms with Gasteiger partial charge in [0.1, 0.15) is 10.4 Å². The van der Waals surface area contributed by atoms with Crippen LogP contribution in [0.5, 0.6) is 0 Å². The molecule has 0 bridgehead atoms. The number of aromatic nitrogens is 2. The number of anilines is 1. The minimum absolute atomic E-state index is 0.0615. The molecule has 12 heteroatoms. The number of carbonyl (C=O) groups is 1. The van der Waals surface area contributed by atoms with Gasteiger partial charge in [-0.1, -0.05) is 34.5 Å². The quantitative estimate of drug-likeness (QED) is 0.616. The number of thiazole rings is 1. The number of nitrogens with one attached hydrogen (secondary N) is 1. The van der Waals surface area contributed by atoms with Crippen LogP contribution in [-0.2, 0) is 19.4 Å². The number of pyridine rings is 1. The summed E-state index contributed by atoms with van der Waals surface area (Å²) in [4.78, 5) is 29.9. The summed E-state index contributed by atoms with van der Waals surface area (Å²) in [5.41, 5.74) is -0.590. The Bertz CT molecular complexity index is 1140. The fraction of sp³-hybridized carbons (Fsp3) is 0.526. The molecule has 1 atom stereocenters. The summed E-state index contributed by atoms with van der Waals surface area (Å²) in [7, 11) is -3.64. The second-order valence-corrected chi connectivity index (χ2v) is 12.0. The number of halogens is 2. The van der Waals surface area contributed by atoms with E-state index in [1.165, 1.54) is 17.0 Å². The summed E-state index contributed by atoms with van der Waals surface area (Å²) in [6.07, 6.45) is 5.74. The summed E-state index contributed by atoms with van der Waals surface area (Å²) >= 11 is 13.3. The molecule has 2 aromatic rings. The minimum atomic E-state index is -3.64. The average molecular weight is 506 g/mol. The summed E-state index contributed by atoms with van der Waals surface area (Å²) in [5.74, 6) is -0.265. The van der Waals surface area contributed by atoms with E-state index >= 15 is 0 Å². The largest absolute Gasteiger partial charge is 0.381 e. The van der Waals surface area contributed by atoms with E-state index in [-0.39, 0.29) is 15.8 Å². The first-order chi connectivity index (χ1) is 14.8. The molecule has 1 aliphatic carbocycles. The smallest absolute Gasteiger partial charge is 0.252 e. The summed E-state index contributed by atoms with van der Waals surface area (Å²) in [6.45, 7) is 1.19. The predicted octanol–water partition coefficient (Wildman–Crippen LogP) is 3.54. The summed E-state index contributed by atoms with van der Waals surface area (Å²) in [5, 5.41) is 2.47. The molecule has 2 aromatic heterocycles. The van der Waals surface area contributed by atoms with E-state index < -0.39 is 32.6 Å². The molecule has 1 saturated heterocycles. The predicted molar refractivity (Wildman–Crippen MR) is 119 cm³/mol. The zero-order chi connectivity index (χ0) is 22.2. The first-order valence-corrected chi connectivity index (χ1v) is 13.0. The molecule has 1 aliphatic heterocycles. The zero-order valence-electron chi connectivity index (χ0n) is 16.4. The topological polar surface area (TPSA) is 107 Å². The van der Waals surface area contributed by atoms with Gasteiger partial charge >= 0.3 is 0 Å². The van der Waals surface area contributed by atoms with E-state index in [0.29, 0.717) is 41.9 Å². The lowest BCUT2D eigenvalue weighted by atomic mass is 9.92. The minimum Gasteiger partial charge on any atom is -0.381 e. The van der Waals surface area contributed by atoms with Crippen LogP contribution in [0.2, 0.25) is 9.36 Å². The summed E-state index contributed by atoms with van der Waals surface area (Å²) in [6, 6.07) is 0.147. The van der Waals surface area contributed by atoms with E-state index in [2.05, 4.69) is 10.3 Å². The first kappa shape index (κ1) is 22.7. The van der Waals surface area contributed by atoms with Gasteiger partial charge in [0, 0.05) is 25.5 Å². The Hall–Kier alpha value is -1.46. The lowest BCUT2D eigenvalue weighted by Crippen LogP contribution is -2.35. The van der Waals surface area contributed by atoms with Gasteiger partial charge in [-0.3, -0.25) is 9.59 Å². The molecule has 0 spiro atoms. The van der Waals surface area contributed by atoms with E-state index in [9.17, 15) is 18.0 Å². The van der Waals surface area contributed by atoms with Crippen LogP contribution < -0.4 is 10.9 Å². The van der Waals surface area contributed by atoms with Crippen LogP contribution in [0, 0.1) is 5.92 Å². The first-order valence-electron chi connectivity index (χ1n) is 9.91. The van der Waals surface area contributed by atoms with Crippen LogP contribution in [0.25, 0.3) is 0 Å². The SMILES string of the molecule is O=C(Nc1ncc(Cl)s1)C(CC1CCOCC1)n1cc(Cl)c(S(=O)(=O)C2CC2)cc1=O. The number of nitrogens with zero attached hydrogens (tertiary/aromatic N) is 2. The third kappa shape index (κ3) is 5.14. The molecular weight excluding hydrogens is 485 g/mol. The molecule has 1 N–H and O–H groups in total. The van der Waals surface area contributed by atoms with Gasteiger partial charge < -0.3 is 14.6 Å². The maximum atomic E-state index is 13.1. The Balaban J connectivity index is 1.67. The van der Waals surface area contributed by atoms with E-state index in [0.717, 1.165) is 30.2 Å². The number of sulfone groups is 1. The van der Waals surface area contributed by atoms with Crippen molar-refractivity contribution in [3.05, 3.63) is 38.2 Å². The molecule has 168 valence electrons. The van der Waals surface area contributed by atoms with Gasteiger partial charge in [0.15, 0.2) is 15.0 Å². The van der Waals surface area contributed by atoms with Crippen LogP contribution in [0.1, 0.15) is 38.1 Å². The van der Waals surface area contributed by atoms with Crippen molar-refractivity contribution in [3.8, 4) is 0 Å². The molecule has 0 aromatic carbocycles. The molecule has 1 unspecified atom stereocenters. The molecule has 2 fully saturated rings. The van der Waals surface area contributed by atoms with Gasteiger partial charge in [-0.05, 0) is 38.0 Å². The molecule has 31 heavy (non-hydrogen) atoms. The molecule has 4 rings (SSSR count). The van der Waals surface area contributed by atoms with Gasteiger partial charge in [-0.25, -0.2) is 13.4 Å². The maximum Gasteiger partial charge on any atom is 0.252 e. The van der Waals surface area contributed by atoms with Crippen LogP contribution in [0.4, 0.5) is 5.13 Å². The highest BCUT2D eigenvalue weighted by molar-refractivity contribution is 7.92. The monoisotopic (exact) mass is 505 g/mol. The molecule has 8 nitrogen and oxygen atoms in total. The van der Waals surface area contributed by atoms with Crippen molar-refractivity contribution in [2.45, 2.75) is 48.3 Å². The fourth-order valence-corrected chi connectivity index (χ4v) is 6.67. The average Bonchev–Trinajstić information content (AvgIpc) is 3.52.